The number of nitrogens with zero attached hydrogens (tertiary/aromatic N) is 4. The van der Waals surface area contributed by atoms with Crippen molar-refractivity contribution in [3.05, 3.63) is 48.5 Å². The van der Waals surface area contributed by atoms with E-state index in [9.17, 15) is 4.79 Å². The molecule has 0 fully saturated rings. The van der Waals surface area contributed by atoms with E-state index >= 15 is 0 Å². The molecule has 3 N–H and O–H groups in total. The van der Waals surface area contributed by atoms with E-state index in [1.54, 1.807) is 19.2 Å². The molecule has 0 atom stereocenters. The van der Waals surface area contributed by atoms with E-state index in [1.165, 1.54) is 16.4 Å². The second-order valence-electron chi connectivity index (χ2n) is 7.06. The Balaban J connectivity index is 1.56. The molecular weight excluding hydrogens is 456 g/mol. The summed E-state index contributed by atoms with van der Waals surface area (Å²) in [4.78, 5) is 17.2. The fourth-order valence-electron chi connectivity index (χ4n) is 3.28. The summed E-state index contributed by atoms with van der Waals surface area (Å²) in [5.74, 6) is 1.90. The number of hydrogen-bond acceptors (Lipinski definition) is 9. The van der Waals surface area contributed by atoms with Gasteiger partial charge in [0.1, 0.15) is 34.5 Å². The van der Waals surface area contributed by atoms with E-state index in [1.807, 2.05) is 49.6 Å². The number of benzene rings is 2. The highest BCUT2D eigenvalue weighted by molar-refractivity contribution is 7.98. The zero-order chi connectivity index (χ0) is 24.1. The van der Waals surface area contributed by atoms with Crippen LogP contribution in [0.1, 0.15) is 6.92 Å². The summed E-state index contributed by atoms with van der Waals surface area (Å²) in [6, 6.07) is 14.5. The van der Waals surface area contributed by atoms with Crippen LogP contribution in [0.15, 0.2) is 58.1 Å². The maximum Gasteiger partial charge on any atom is 0.264 e. The number of carbonyl (C=O) groups excluding carboxylic acids is 1. The molecule has 0 radical (unpaired) electrons. The number of methoxy groups -OCH3 is 1. The van der Waals surface area contributed by atoms with Crippen LogP contribution in [0.4, 0.5) is 11.5 Å². The number of para-hydroxylation sites is 2. The summed E-state index contributed by atoms with van der Waals surface area (Å²) in [5.41, 5.74) is 8.18. The number of rotatable bonds is 9. The van der Waals surface area contributed by atoms with Crippen LogP contribution in [0, 0.1) is 0 Å². The first-order valence-corrected chi connectivity index (χ1v) is 11.7. The lowest BCUT2D eigenvalue weighted by molar-refractivity contribution is -0.116. The zero-order valence-corrected chi connectivity index (χ0v) is 19.8. The number of nitrogens with two attached hydrogens (primary N) is 1. The highest BCUT2D eigenvalue weighted by atomic mass is 32.2. The Labute approximate surface area is 200 Å². The minimum absolute atomic E-state index is 0.0979. The predicted octanol–water partition coefficient (Wildman–Crippen LogP) is 3.95. The maximum absolute atomic E-state index is 12.7. The van der Waals surface area contributed by atoms with Crippen molar-refractivity contribution in [1.82, 2.24) is 19.9 Å². The molecule has 2 heterocycles. The molecule has 176 valence electrons. The summed E-state index contributed by atoms with van der Waals surface area (Å²) in [6.07, 6.45) is 1.86. The SMILES string of the molecule is CCOc1ccccc1NC(=O)Cn1nc(SC)c(-c2nc(-c3ccc(OC)cc3)no2)c1N. The number of aromatic nitrogens is 4. The second-order valence-corrected chi connectivity index (χ2v) is 7.85. The molecule has 11 heteroatoms. The van der Waals surface area contributed by atoms with Crippen molar-refractivity contribution >= 4 is 29.2 Å². The quantitative estimate of drug-likeness (QED) is 0.342. The van der Waals surface area contributed by atoms with Gasteiger partial charge in [-0.15, -0.1) is 11.8 Å². The third-order valence-corrected chi connectivity index (χ3v) is 5.57. The second kappa shape index (κ2) is 10.3. The smallest absolute Gasteiger partial charge is 0.264 e. The van der Waals surface area contributed by atoms with E-state index < -0.39 is 0 Å². The zero-order valence-electron chi connectivity index (χ0n) is 18.9. The molecule has 0 saturated heterocycles. The lowest BCUT2D eigenvalue weighted by atomic mass is 10.2. The van der Waals surface area contributed by atoms with Crippen molar-refractivity contribution in [3.63, 3.8) is 0 Å². The first kappa shape index (κ1) is 23.2. The Morgan fingerprint density at radius 2 is 1.97 bits per heavy atom. The number of anilines is 2. The van der Waals surface area contributed by atoms with Crippen LogP contribution in [-0.4, -0.2) is 45.8 Å². The number of carbonyl (C=O) groups is 1. The molecule has 4 rings (SSSR count). The minimum Gasteiger partial charge on any atom is -0.497 e. The van der Waals surface area contributed by atoms with Gasteiger partial charge in [0.05, 0.1) is 19.4 Å². The fourth-order valence-corrected chi connectivity index (χ4v) is 3.85. The van der Waals surface area contributed by atoms with Crippen LogP contribution in [-0.2, 0) is 11.3 Å². The average Bonchev–Trinajstić information content (AvgIpc) is 3.45. The van der Waals surface area contributed by atoms with Crippen molar-refractivity contribution in [2.24, 2.45) is 0 Å². The number of amides is 1. The molecule has 2 aromatic heterocycles. The Bertz CT molecular complexity index is 1290. The monoisotopic (exact) mass is 480 g/mol. The summed E-state index contributed by atoms with van der Waals surface area (Å²) in [6.45, 7) is 2.27. The third kappa shape index (κ3) is 4.84. The molecule has 10 nitrogen and oxygen atoms in total. The van der Waals surface area contributed by atoms with E-state index in [2.05, 4.69) is 20.6 Å². The topological polar surface area (TPSA) is 130 Å². The lowest BCUT2D eigenvalue weighted by Crippen LogP contribution is -2.21. The minimum atomic E-state index is -0.301. The van der Waals surface area contributed by atoms with E-state index in [-0.39, 0.29) is 24.2 Å². The van der Waals surface area contributed by atoms with Gasteiger partial charge in [0.2, 0.25) is 11.7 Å². The van der Waals surface area contributed by atoms with Crippen LogP contribution < -0.4 is 20.5 Å². The van der Waals surface area contributed by atoms with Crippen molar-refractivity contribution in [2.45, 2.75) is 18.5 Å². The van der Waals surface area contributed by atoms with Crippen LogP contribution in [0.2, 0.25) is 0 Å². The number of nitrogen functional groups attached to an aromatic ring is 1. The largest absolute Gasteiger partial charge is 0.497 e. The van der Waals surface area contributed by atoms with Gasteiger partial charge in [0, 0.05) is 5.56 Å². The molecule has 0 aliphatic carbocycles. The Morgan fingerprint density at radius 3 is 2.68 bits per heavy atom. The average molecular weight is 481 g/mol. The van der Waals surface area contributed by atoms with Gasteiger partial charge in [-0.3, -0.25) is 4.79 Å². The molecule has 0 aliphatic rings. The van der Waals surface area contributed by atoms with Crippen molar-refractivity contribution in [3.8, 4) is 34.3 Å². The van der Waals surface area contributed by atoms with Gasteiger partial charge in [0.15, 0.2) is 0 Å². The van der Waals surface area contributed by atoms with Gasteiger partial charge < -0.3 is 25.0 Å². The number of thioether (sulfide) groups is 1. The molecule has 4 aromatic rings. The van der Waals surface area contributed by atoms with Gasteiger partial charge in [-0.2, -0.15) is 10.1 Å². The maximum atomic E-state index is 12.7. The first-order valence-electron chi connectivity index (χ1n) is 10.4. The molecule has 0 bridgehead atoms. The highest BCUT2D eigenvalue weighted by Crippen LogP contribution is 2.35. The number of ether oxygens (including phenoxy) is 2. The van der Waals surface area contributed by atoms with Crippen molar-refractivity contribution < 1.29 is 18.8 Å². The molecular formula is C23H24N6O4S. The van der Waals surface area contributed by atoms with E-state index in [0.717, 1.165) is 11.3 Å². The lowest BCUT2D eigenvalue weighted by Gasteiger charge is -2.11. The summed E-state index contributed by atoms with van der Waals surface area (Å²) < 4.78 is 17.6. The van der Waals surface area contributed by atoms with E-state index in [4.69, 9.17) is 19.7 Å². The van der Waals surface area contributed by atoms with Gasteiger partial charge in [-0.25, -0.2) is 4.68 Å². The van der Waals surface area contributed by atoms with Gasteiger partial charge in [0.25, 0.3) is 5.89 Å². The van der Waals surface area contributed by atoms with E-state index in [0.29, 0.717) is 34.5 Å². The molecule has 34 heavy (non-hydrogen) atoms. The van der Waals surface area contributed by atoms with Crippen LogP contribution in [0.3, 0.4) is 0 Å². The van der Waals surface area contributed by atoms with Gasteiger partial charge in [-0.05, 0) is 49.6 Å². The molecule has 0 saturated carbocycles. The van der Waals surface area contributed by atoms with Crippen LogP contribution in [0.5, 0.6) is 11.5 Å². The summed E-state index contributed by atoms with van der Waals surface area (Å²) in [5, 5.41) is 12.0. The first-order chi connectivity index (χ1) is 16.5. The molecule has 0 unspecified atom stereocenters. The molecule has 2 aromatic carbocycles. The fraction of sp³-hybridized carbons (Fsp3) is 0.217. The highest BCUT2D eigenvalue weighted by Gasteiger charge is 2.24. The Kier molecular flexibility index (Phi) is 7.02. The Hall–Kier alpha value is -3.99. The van der Waals surface area contributed by atoms with Crippen molar-refractivity contribution in [1.29, 1.82) is 0 Å². The summed E-state index contributed by atoms with van der Waals surface area (Å²) >= 11 is 1.37. The van der Waals surface area contributed by atoms with Gasteiger partial charge in [-0.1, -0.05) is 17.3 Å². The van der Waals surface area contributed by atoms with Crippen LogP contribution in [0.25, 0.3) is 22.8 Å². The van der Waals surface area contributed by atoms with Crippen molar-refractivity contribution in [2.75, 3.05) is 31.0 Å². The number of nitrogens with one attached hydrogen (secondary N) is 1. The molecule has 0 spiro atoms. The summed E-state index contributed by atoms with van der Waals surface area (Å²) in [7, 11) is 1.60. The van der Waals surface area contributed by atoms with Crippen LogP contribution >= 0.6 is 11.8 Å². The number of hydrogen-bond donors (Lipinski definition) is 2. The standard InChI is InChI=1S/C23H24N6O4S/c1-4-32-17-8-6-5-7-16(17)25-18(30)13-29-20(24)19(23(27-29)34-3)22-26-21(28-33-22)14-9-11-15(31-2)12-10-14/h5-12H,4,13,24H2,1-3H3,(H,25,30). The third-order valence-electron chi connectivity index (χ3n) is 4.90. The Morgan fingerprint density at radius 1 is 1.21 bits per heavy atom. The normalized spacial score (nSPS) is 10.8. The molecule has 0 aliphatic heterocycles. The van der Waals surface area contributed by atoms with Gasteiger partial charge >= 0.3 is 0 Å². The molecule has 1 amide bonds. The predicted molar refractivity (Wildman–Crippen MR) is 130 cm³/mol.